The van der Waals surface area contributed by atoms with Gasteiger partial charge in [-0.2, -0.15) is 4.98 Å². The summed E-state index contributed by atoms with van der Waals surface area (Å²) in [5, 5.41) is 2.80. The Morgan fingerprint density at radius 3 is 1.28 bits per heavy atom. The highest BCUT2D eigenvalue weighted by Crippen LogP contribution is 2.33. The van der Waals surface area contributed by atoms with Crippen molar-refractivity contribution in [3.8, 4) is 0 Å². The molecule has 1 fully saturated rings. The fraction of sp³-hybridized carbons (Fsp3) is 0.875. The molecule has 0 aromatic carbocycles. The molecule has 438 valence electrons. The molecule has 3 rings (SSSR count). The van der Waals surface area contributed by atoms with Crippen molar-refractivity contribution in [1.82, 2.24) is 19.5 Å². The molecule has 1 saturated heterocycles. The first-order valence-corrected chi connectivity index (χ1v) is 32.6. The molecule has 0 saturated carbocycles. The molecule has 0 spiro atoms. The van der Waals surface area contributed by atoms with Crippen LogP contribution in [0.4, 0.5) is 5.95 Å². The van der Waals surface area contributed by atoms with Crippen LogP contribution in [-0.4, -0.2) is 56.2 Å². The van der Waals surface area contributed by atoms with Gasteiger partial charge in [-0.25, -0.2) is 4.98 Å². The number of imidazole rings is 1. The summed E-state index contributed by atoms with van der Waals surface area (Å²) < 4.78 is 20.0. The molecule has 3 heterocycles. The van der Waals surface area contributed by atoms with Gasteiger partial charge in [0.15, 0.2) is 11.2 Å². The zero-order valence-corrected chi connectivity index (χ0v) is 49.4. The Hall–Kier alpha value is -3.28. The van der Waals surface area contributed by atoms with Gasteiger partial charge in [0.1, 0.15) is 25.0 Å². The summed E-state index contributed by atoms with van der Waals surface area (Å²) in [6.45, 7) is 6.76. The molecule has 0 unspecified atom stereocenters. The molecule has 1 amide bonds. The summed E-state index contributed by atoms with van der Waals surface area (Å²) in [5.74, 6) is -0.718. The largest absolute Gasteiger partial charge is 0.463 e. The Labute approximate surface area is 463 Å². The summed E-state index contributed by atoms with van der Waals surface area (Å²) in [7, 11) is 0. The van der Waals surface area contributed by atoms with Gasteiger partial charge in [-0.15, -0.1) is 0 Å². The molecule has 12 nitrogen and oxygen atoms in total. The third kappa shape index (κ3) is 33.2. The first kappa shape index (κ1) is 67.0. The molecule has 2 aromatic rings. The number of hydrogen-bond donors (Lipinski definition) is 2. The van der Waals surface area contributed by atoms with Crippen LogP contribution in [0.2, 0.25) is 0 Å². The summed E-state index contributed by atoms with van der Waals surface area (Å²) in [5.41, 5.74) is -0.103. The Bertz CT molecular complexity index is 1780. The summed E-state index contributed by atoms with van der Waals surface area (Å²) in [4.78, 5) is 64.2. The van der Waals surface area contributed by atoms with Gasteiger partial charge in [-0.3, -0.25) is 34.0 Å². The fourth-order valence-electron chi connectivity index (χ4n) is 10.9. The normalized spacial score (nSPS) is 15.5. The SMILES string of the molecule is CCCCCCCCCCCCCCCCCC(=O)Nc1nc2c(ncn2[C@H]2C[C@H](OC(=O)CCCCCCCCCCCCCCCCC)[C@@H](COC(=O)CCCCCCCCCCCCCCCCC)O2)c(=O)[nH]1. The highest BCUT2D eigenvalue weighted by Gasteiger charge is 2.40. The Morgan fingerprint density at radius 2 is 0.882 bits per heavy atom. The molecule has 2 N–H and O–H groups in total. The van der Waals surface area contributed by atoms with E-state index in [4.69, 9.17) is 14.2 Å². The van der Waals surface area contributed by atoms with Crippen LogP contribution in [0.3, 0.4) is 0 Å². The topological polar surface area (TPSA) is 155 Å². The van der Waals surface area contributed by atoms with Crippen LogP contribution in [0, 0.1) is 0 Å². The van der Waals surface area contributed by atoms with Gasteiger partial charge < -0.3 is 14.2 Å². The first-order valence-electron chi connectivity index (χ1n) is 32.6. The van der Waals surface area contributed by atoms with Gasteiger partial charge in [0.25, 0.3) is 5.56 Å². The lowest BCUT2D eigenvalue weighted by Crippen LogP contribution is -2.32. The molecular weight excluding hydrogens is 951 g/mol. The zero-order chi connectivity index (χ0) is 54.4. The number of fused-ring (bicyclic) bond motifs is 1. The van der Waals surface area contributed by atoms with Crippen LogP contribution < -0.4 is 10.9 Å². The number of unbranched alkanes of at least 4 members (excludes halogenated alkanes) is 42. The molecule has 3 atom stereocenters. The second-order valence-corrected chi connectivity index (χ2v) is 23.0. The number of esters is 2. The van der Waals surface area contributed by atoms with Crippen molar-refractivity contribution in [3.05, 3.63) is 16.7 Å². The molecule has 12 heteroatoms. The second-order valence-electron chi connectivity index (χ2n) is 23.0. The lowest BCUT2D eigenvalue weighted by Gasteiger charge is -2.19. The van der Waals surface area contributed by atoms with E-state index < -0.39 is 24.0 Å². The molecule has 0 bridgehead atoms. The number of rotatable bonds is 53. The predicted octanol–water partition coefficient (Wildman–Crippen LogP) is 18.6. The minimum Gasteiger partial charge on any atom is -0.463 e. The first-order chi connectivity index (χ1) is 37.4. The Morgan fingerprint density at radius 1 is 0.526 bits per heavy atom. The lowest BCUT2D eigenvalue weighted by atomic mass is 10.0. The number of ether oxygens (including phenoxy) is 3. The van der Waals surface area contributed by atoms with E-state index in [1.165, 1.54) is 237 Å². The second kappa shape index (κ2) is 46.6. The molecule has 0 radical (unpaired) electrons. The van der Waals surface area contributed by atoms with Crippen molar-refractivity contribution in [2.45, 2.75) is 354 Å². The Kier molecular flexibility index (Phi) is 41.1. The maximum Gasteiger partial charge on any atom is 0.306 e. The zero-order valence-electron chi connectivity index (χ0n) is 49.4. The van der Waals surface area contributed by atoms with E-state index in [0.29, 0.717) is 19.3 Å². The summed E-state index contributed by atoms with van der Waals surface area (Å²) in [6, 6.07) is 0. The smallest absolute Gasteiger partial charge is 0.306 e. The number of carbonyl (C=O) groups is 3. The Balaban J connectivity index is 1.42. The van der Waals surface area contributed by atoms with E-state index in [1.54, 1.807) is 4.57 Å². The molecule has 76 heavy (non-hydrogen) atoms. The average molecular weight is 1070 g/mol. The van der Waals surface area contributed by atoms with Gasteiger partial charge >= 0.3 is 11.9 Å². The van der Waals surface area contributed by atoms with Gasteiger partial charge in [0.05, 0.1) is 6.33 Å². The predicted molar refractivity (Wildman–Crippen MR) is 315 cm³/mol. The number of aromatic nitrogens is 4. The van der Waals surface area contributed by atoms with E-state index in [9.17, 15) is 19.2 Å². The number of amides is 1. The van der Waals surface area contributed by atoms with Crippen molar-refractivity contribution >= 4 is 35.0 Å². The maximum atomic E-state index is 13.3. The third-order valence-electron chi connectivity index (χ3n) is 15.8. The quantitative estimate of drug-likeness (QED) is 0.0487. The molecule has 1 aliphatic rings. The minimum absolute atomic E-state index is 0.0494. The summed E-state index contributed by atoms with van der Waals surface area (Å²) in [6.07, 6.45) is 57.3. The number of hydrogen-bond acceptors (Lipinski definition) is 9. The molecular formula is C64H115N5O7. The van der Waals surface area contributed by atoms with Crippen molar-refractivity contribution in [2.24, 2.45) is 0 Å². The molecule has 0 aliphatic carbocycles. The highest BCUT2D eigenvalue weighted by molar-refractivity contribution is 5.89. The van der Waals surface area contributed by atoms with Crippen molar-refractivity contribution in [3.63, 3.8) is 0 Å². The van der Waals surface area contributed by atoms with Gasteiger partial charge in [-0.1, -0.05) is 290 Å². The third-order valence-corrected chi connectivity index (χ3v) is 15.8. The van der Waals surface area contributed by atoms with Crippen LogP contribution in [-0.2, 0) is 28.6 Å². The minimum atomic E-state index is -0.700. The lowest BCUT2D eigenvalue weighted by molar-refractivity contribution is -0.158. The van der Waals surface area contributed by atoms with Gasteiger partial charge in [-0.05, 0) is 19.3 Å². The number of nitrogens with one attached hydrogen (secondary N) is 2. The monoisotopic (exact) mass is 1070 g/mol. The van der Waals surface area contributed by atoms with Gasteiger partial charge in [0.2, 0.25) is 11.9 Å². The number of carbonyl (C=O) groups excluding carboxylic acids is 3. The number of anilines is 1. The summed E-state index contributed by atoms with van der Waals surface area (Å²) >= 11 is 0. The van der Waals surface area contributed by atoms with Crippen LogP contribution in [0.25, 0.3) is 11.2 Å². The van der Waals surface area contributed by atoms with E-state index in [1.807, 2.05) is 0 Å². The molecule has 1 aliphatic heterocycles. The fourth-order valence-corrected chi connectivity index (χ4v) is 10.9. The van der Waals surface area contributed by atoms with Crippen LogP contribution in [0.1, 0.15) is 342 Å². The number of aromatic amines is 1. The van der Waals surface area contributed by atoms with E-state index in [2.05, 4.69) is 41.0 Å². The number of nitrogens with zero attached hydrogens (tertiary/aromatic N) is 3. The standard InChI is InChI=1S/C64H115N5O7/c1-4-7-10-13-16-19-22-25-28-31-34-37-40-43-46-49-57(70)66-64-67-62-61(63(73)68-64)65-54-69(62)58-52-55(76-60(72)51-48-45-42-39-36-33-30-27-24-21-18-15-12-9-6-3)56(75-58)53-74-59(71)50-47-44-41-38-35-32-29-26-23-20-17-14-11-8-5-2/h54-56,58H,4-53H2,1-3H3,(H2,66,67,68,70,73)/t55-,56+,58+/m0/s1. The van der Waals surface area contributed by atoms with Crippen molar-refractivity contribution in [2.75, 3.05) is 11.9 Å². The van der Waals surface area contributed by atoms with E-state index in [0.717, 1.165) is 57.8 Å². The average Bonchev–Trinajstić information content (AvgIpc) is 4.05. The highest BCUT2D eigenvalue weighted by atomic mass is 16.6. The maximum absolute atomic E-state index is 13.3. The van der Waals surface area contributed by atoms with Crippen LogP contribution in [0.15, 0.2) is 11.1 Å². The van der Waals surface area contributed by atoms with Crippen molar-refractivity contribution < 1.29 is 28.6 Å². The van der Waals surface area contributed by atoms with Crippen LogP contribution >= 0.6 is 0 Å². The van der Waals surface area contributed by atoms with Crippen molar-refractivity contribution in [1.29, 1.82) is 0 Å². The molecule has 2 aromatic heterocycles. The van der Waals surface area contributed by atoms with Crippen LogP contribution in [0.5, 0.6) is 0 Å². The van der Waals surface area contributed by atoms with Gasteiger partial charge in [0, 0.05) is 25.7 Å². The van der Waals surface area contributed by atoms with E-state index in [-0.39, 0.29) is 48.0 Å². The number of H-pyrrole nitrogens is 1. The van der Waals surface area contributed by atoms with E-state index >= 15 is 0 Å².